The second kappa shape index (κ2) is 8.75. The van der Waals surface area contributed by atoms with Gasteiger partial charge in [-0.1, -0.05) is 36.4 Å². The summed E-state index contributed by atoms with van der Waals surface area (Å²) < 4.78 is 43.8. The molecule has 0 saturated carbocycles. The summed E-state index contributed by atoms with van der Waals surface area (Å²) in [7, 11) is -4.52. The van der Waals surface area contributed by atoms with Crippen molar-refractivity contribution in [3.63, 3.8) is 0 Å². The Labute approximate surface area is 175 Å². The fraction of sp³-hybridized carbons (Fsp3) is 0.200. The van der Waals surface area contributed by atoms with E-state index in [1.54, 1.807) is 30.3 Å². The first-order valence-corrected chi connectivity index (χ1v) is 12.1. The van der Waals surface area contributed by atoms with Gasteiger partial charge in [0.2, 0.25) is 10.0 Å². The highest BCUT2D eigenvalue weighted by Gasteiger charge is 2.18. The molecule has 0 aliphatic heterocycles. The summed E-state index contributed by atoms with van der Waals surface area (Å²) in [6.07, 6.45) is 0.406. The molecule has 3 aromatic carbocycles. The summed E-state index contributed by atoms with van der Waals surface area (Å²) >= 11 is 0. The van der Waals surface area contributed by atoms with Gasteiger partial charge in [0.05, 0.1) is 4.90 Å². The molecule has 160 valence electrons. The van der Waals surface area contributed by atoms with Crippen LogP contribution in [0.3, 0.4) is 0 Å². The zero-order valence-electron chi connectivity index (χ0n) is 16.5. The molecule has 3 N–H and O–H groups in total. The Morgan fingerprint density at radius 3 is 2.23 bits per heavy atom. The summed E-state index contributed by atoms with van der Waals surface area (Å²) in [6.45, 7) is 0.171. The monoisotopic (exact) mass is 450 g/mol. The van der Waals surface area contributed by atoms with Gasteiger partial charge in [-0.3, -0.25) is 9.79 Å². The maximum absolute atomic E-state index is 12.9. The van der Waals surface area contributed by atoms with Gasteiger partial charge < -0.3 is 9.42 Å². The maximum atomic E-state index is 12.9. The predicted octanol–water partition coefficient (Wildman–Crippen LogP) is 2.90. The number of fused-ring (bicyclic) bond motifs is 1. The lowest BCUT2D eigenvalue weighted by atomic mass is 10.1. The Kier molecular flexibility index (Phi) is 6.50. The smallest absolute Gasteiger partial charge is 0.404 e. The minimum Gasteiger partial charge on any atom is -0.404 e. The van der Waals surface area contributed by atoms with Gasteiger partial charge in [0, 0.05) is 37.1 Å². The topological polar surface area (TPSA) is 116 Å². The van der Waals surface area contributed by atoms with Gasteiger partial charge in [-0.15, -0.1) is 0 Å². The van der Waals surface area contributed by atoms with Crippen LogP contribution in [-0.4, -0.2) is 38.8 Å². The van der Waals surface area contributed by atoms with Gasteiger partial charge in [0.15, 0.2) is 0 Å². The lowest BCUT2D eigenvalue weighted by Gasteiger charge is -2.17. The number of nitrogens with one attached hydrogen (secondary N) is 1. The number of phosphoric acid groups is 1. The fourth-order valence-corrected chi connectivity index (χ4v) is 4.80. The van der Waals surface area contributed by atoms with E-state index in [1.165, 1.54) is 12.1 Å². The maximum Gasteiger partial charge on any atom is 0.524 e. The zero-order chi connectivity index (χ0) is 21.9. The summed E-state index contributed by atoms with van der Waals surface area (Å²) in [4.78, 5) is 19.8. The highest BCUT2D eigenvalue weighted by molar-refractivity contribution is 7.89. The number of hydrogen-bond acceptors (Lipinski definition) is 5. The van der Waals surface area contributed by atoms with Gasteiger partial charge in [0.25, 0.3) is 0 Å². The molecule has 0 atom stereocenters. The molecular weight excluding hydrogens is 427 g/mol. The minimum absolute atomic E-state index is 0.0418. The van der Waals surface area contributed by atoms with E-state index in [0.717, 1.165) is 16.6 Å². The van der Waals surface area contributed by atoms with E-state index in [0.29, 0.717) is 11.8 Å². The van der Waals surface area contributed by atoms with E-state index in [9.17, 15) is 13.0 Å². The van der Waals surface area contributed by atoms with Crippen LogP contribution in [0.2, 0.25) is 0 Å². The Balaban J connectivity index is 1.73. The Bertz CT molecular complexity index is 1190. The molecule has 0 aromatic heterocycles. The van der Waals surface area contributed by atoms with E-state index >= 15 is 0 Å². The highest BCUT2D eigenvalue weighted by atomic mass is 32.2. The van der Waals surface area contributed by atoms with Crippen LogP contribution >= 0.6 is 7.82 Å². The number of anilines is 1. The average Bonchev–Trinajstić information content (AvgIpc) is 2.67. The van der Waals surface area contributed by atoms with E-state index in [2.05, 4.69) is 9.25 Å². The van der Waals surface area contributed by atoms with E-state index in [1.807, 2.05) is 37.2 Å². The van der Waals surface area contributed by atoms with Crippen molar-refractivity contribution in [2.75, 3.05) is 25.5 Å². The fourth-order valence-electron chi connectivity index (χ4n) is 3.15. The lowest BCUT2D eigenvalue weighted by Crippen LogP contribution is -2.26. The molecular formula is C20H23N2O6PS. The van der Waals surface area contributed by atoms with Crippen molar-refractivity contribution >= 4 is 34.3 Å². The summed E-state index contributed by atoms with van der Waals surface area (Å²) in [5.41, 5.74) is 1.73. The quantitative estimate of drug-likeness (QED) is 0.452. The molecule has 30 heavy (non-hydrogen) atoms. The first kappa shape index (κ1) is 22.3. The second-order valence-electron chi connectivity index (χ2n) is 6.90. The molecule has 0 heterocycles. The number of phosphoric ester groups is 1. The standard InChI is InChI=1S/C20H23N2O6PS/c1-22(2)19-7-3-6-18-17(19)5-4-8-20(18)30(26,27)21-14-13-15-9-11-16(12-10-15)28-29(23,24)25/h3-12,21H,13-14H2,1-2H3,(H2,23,24,25). The van der Waals surface area contributed by atoms with Gasteiger partial charge in [-0.25, -0.2) is 17.7 Å². The molecule has 0 amide bonds. The molecule has 0 bridgehead atoms. The average molecular weight is 450 g/mol. The molecule has 0 aliphatic rings. The number of hydrogen-bond donors (Lipinski definition) is 3. The van der Waals surface area contributed by atoms with E-state index in [-0.39, 0.29) is 17.2 Å². The SMILES string of the molecule is CN(C)c1cccc2c(S(=O)(=O)NCCc3ccc(OP(=O)(O)O)cc3)cccc12. The van der Waals surface area contributed by atoms with Crippen LogP contribution in [0.15, 0.2) is 65.6 Å². The van der Waals surface area contributed by atoms with Gasteiger partial charge >= 0.3 is 7.82 Å². The van der Waals surface area contributed by atoms with E-state index in [4.69, 9.17) is 9.79 Å². The predicted molar refractivity (Wildman–Crippen MR) is 116 cm³/mol. The largest absolute Gasteiger partial charge is 0.524 e. The van der Waals surface area contributed by atoms with Crippen molar-refractivity contribution < 1.29 is 27.3 Å². The van der Waals surface area contributed by atoms with Crippen LogP contribution in [0.5, 0.6) is 5.75 Å². The number of rotatable bonds is 8. The van der Waals surface area contributed by atoms with Crippen molar-refractivity contribution in [1.82, 2.24) is 4.72 Å². The van der Waals surface area contributed by atoms with E-state index < -0.39 is 17.8 Å². The summed E-state index contributed by atoms with van der Waals surface area (Å²) in [5, 5.41) is 1.50. The van der Waals surface area contributed by atoms with Gasteiger partial charge in [-0.05, 0) is 36.2 Å². The first-order valence-electron chi connectivity index (χ1n) is 9.10. The van der Waals surface area contributed by atoms with Crippen LogP contribution in [-0.2, 0) is 21.0 Å². The first-order chi connectivity index (χ1) is 14.1. The lowest BCUT2D eigenvalue weighted by molar-refractivity contribution is 0.283. The van der Waals surface area contributed by atoms with Crippen molar-refractivity contribution in [2.24, 2.45) is 0 Å². The summed E-state index contributed by atoms with van der Waals surface area (Å²) in [6, 6.07) is 16.9. The Morgan fingerprint density at radius 2 is 1.60 bits per heavy atom. The number of sulfonamides is 1. The molecule has 3 rings (SSSR count). The molecule has 0 spiro atoms. The summed E-state index contributed by atoms with van der Waals surface area (Å²) in [5.74, 6) is 0.0418. The molecule has 3 aromatic rings. The van der Waals surface area contributed by atoms with Gasteiger partial charge in [-0.2, -0.15) is 0 Å². The molecule has 0 radical (unpaired) electrons. The third-order valence-corrected chi connectivity index (χ3v) is 6.45. The van der Waals surface area contributed by atoms with Crippen molar-refractivity contribution in [3.8, 4) is 5.75 Å². The van der Waals surface area contributed by atoms with Gasteiger partial charge in [0.1, 0.15) is 5.75 Å². The van der Waals surface area contributed by atoms with Crippen molar-refractivity contribution in [1.29, 1.82) is 0 Å². The highest BCUT2D eigenvalue weighted by Crippen LogP contribution is 2.37. The molecule has 0 fully saturated rings. The molecule has 10 heteroatoms. The van der Waals surface area contributed by atoms with Crippen LogP contribution in [0.1, 0.15) is 5.56 Å². The number of benzene rings is 3. The third kappa shape index (κ3) is 5.38. The van der Waals surface area contributed by atoms with Crippen LogP contribution in [0, 0.1) is 0 Å². The Morgan fingerprint density at radius 1 is 0.967 bits per heavy atom. The molecule has 0 unspecified atom stereocenters. The second-order valence-corrected chi connectivity index (χ2v) is 9.80. The van der Waals surface area contributed by atoms with Crippen molar-refractivity contribution in [2.45, 2.75) is 11.3 Å². The molecule has 0 aliphatic carbocycles. The third-order valence-electron chi connectivity index (χ3n) is 4.48. The molecule has 0 saturated heterocycles. The Hall–Kier alpha value is -2.42. The normalized spacial score (nSPS) is 12.1. The zero-order valence-corrected chi connectivity index (χ0v) is 18.2. The van der Waals surface area contributed by atoms with Crippen LogP contribution in [0.25, 0.3) is 10.8 Å². The van der Waals surface area contributed by atoms with Crippen LogP contribution < -0.4 is 14.1 Å². The van der Waals surface area contributed by atoms with Crippen molar-refractivity contribution in [3.05, 3.63) is 66.2 Å². The van der Waals surface area contributed by atoms with Crippen LogP contribution in [0.4, 0.5) is 5.69 Å². The molecule has 8 nitrogen and oxygen atoms in total. The minimum atomic E-state index is -4.60. The number of nitrogens with zero attached hydrogens (tertiary/aromatic N) is 1.